The number of nitrogens with one attached hydrogen (secondary N) is 1. The number of rotatable bonds is 3. The van der Waals surface area contributed by atoms with Crippen molar-refractivity contribution in [1.29, 1.82) is 0 Å². The minimum Gasteiger partial charge on any atom is -0.444 e. The third kappa shape index (κ3) is 3.74. The van der Waals surface area contributed by atoms with Crippen molar-refractivity contribution >= 4 is 6.09 Å². The Morgan fingerprint density at radius 1 is 1.29 bits per heavy atom. The molecule has 0 saturated carbocycles. The Kier molecular flexibility index (Phi) is 4.53. The maximum atomic E-state index is 11.8. The van der Waals surface area contributed by atoms with E-state index in [0.717, 1.165) is 22.4 Å². The summed E-state index contributed by atoms with van der Waals surface area (Å²) in [5, 5.41) is 2.78. The second-order valence-corrected chi connectivity index (χ2v) is 6.77. The summed E-state index contributed by atoms with van der Waals surface area (Å²) in [6, 6.07) is 11.9. The number of nitrogens with zero attached hydrogens (tertiary/aromatic N) is 1. The fraction of sp³-hybridized carbons (Fsp3) is 0.368. The lowest BCUT2D eigenvalue weighted by molar-refractivity contribution is 0.0395. The van der Waals surface area contributed by atoms with Crippen LogP contribution in [0.5, 0.6) is 0 Å². The van der Waals surface area contributed by atoms with Gasteiger partial charge in [-0.1, -0.05) is 24.3 Å². The lowest BCUT2D eigenvalue weighted by Crippen LogP contribution is -2.34. The number of carbonyl (C=O) groups excluding carboxylic acids is 1. The predicted octanol–water partition coefficient (Wildman–Crippen LogP) is 3.84. The molecule has 1 aliphatic heterocycles. The Balaban J connectivity index is 1.73. The number of pyridine rings is 1. The van der Waals surface area contributed by atoms with Crippen molar-refractivity contribution in [3.05, 3.63) is 53.7 Å². The first-order chi connectivity index (χ1) is 11.4. The quantitative estimate of drug-likeness (QED) is 0.931. The van der Waals surface area contributed by atoms with E-state index in [2.05, 4.69) is 10.3 Å². The average Bonchev–Trinajstić information content (AvgIpc) is 2.95. The lowest BCUT2D eigenvalue weighted by atomic mass is 9.97. The fourth-order valence-electron chi connectivity index (χ4n) is 2.76. The molecule has 0 spiro atoms. The largest absolute Gasteiger partial charge is 0.444 e. The minimum atomic E-state index is -0.509. The first-order valence-electron chi connectivity index (χ1n) is 8.06. The number of benzene rings is 1. The number of alkyl carbamates (subject to hydrolysis) is 1. The maximum Gasteiger partial charge on any atom is 0.407 e. The molecule has 1 aromatic carbocycles. The fourth-order valence-corrected chi connectivity index (χ4v) is 2.76. The average molecular weight is 326 g/mol. The van der Waals surface area contributed by atoms with Crippen LogP contribution in [0.1, 0.15) is 38.0 Å². The Labute approximate surface area is 142 Å². The Morgan fingerprint density at radius 2 is 2.12 bits per heavy atom. The molecule has 3 rings (SSSR count). The van der Waals surface area contributed by atoms with Crippen molar-refractivity contribution in [2.45, 2.75) is 39.1 Å². The molecule has 0 bridgehead atoms. The van der Waals surface area contributed by atoms with Gasteiger partial charge in [-0.25, -0.2) is 4.79 Å². The number of aromatic nitrogens is 1. The Morgan fingerprint density at radius 3 is 2.83 bits per heavy atom. The third-order valence-electron chi connectivity index (χ3n) is 3.76. The summed E-state index contributed by atoms with van der Waals surface area (Å²) in [7, 11) is 0. The molecule has 1 N–H and O–H groups in total. The SMILES string of the molecule is CC(C)(C)OC(=O)NCC1OCc2c(-c3ccccn3)cccc21. The highest BCUT2D eigenvalue weighted by Crippen LogP contribution is 2.36. The molecule has 0 radical (unpaired) electrons. The number of ether oxygens (including phenoxy) is 2. The molecular weight excluding hydrogens is 304 g/mol. The molecule has 0 aliphatic carbocycles. The molecule has 1 aromatic heterocycles. The molecule has 1 amide bonds. The van der Waals surface area contributed by atoms with Crippen LogP contribution in [0.4, 0.5) is 4.79 Å². The molecule has 126 valence electrons. The smallest absolute Gasteiger partial charge is 0.407 e. The van der Waals surface area contributed by atoms with Crippen molar-refractivity contribution in [2.24, 2.45) is 0 Å². The third-order valence-corrected chi connectivity index (χ3v) is 3.76. The summed E-state index contributed by atoms with van der Waals surface area (Å²) in [4.78, 5) is 16.2. The van der Waals surface area contributed by atoms with Crippen LogP contribution in [0.3, 0.4) is 0 Å². The van der Waals surface area contributed by atoms with Gasteiger partial charge in [0.15, 0.2) is 0 Å². The van der Waals surface area contributed by atoms with Gasteiger partial charge >= 0.3 is 6.09 Å². The summed E-state index contributed by atoms with van der Waals surface area (Å²) in [6.07, 6.45) is 1.18. The molecule has 1 atom stereocenters. The Hall–Kier alpha value is -2.40. The first-order valence-corrected chi connectivity index (χ1v) is 8.06. The second kappa shape index (κ2) is 6.61. The van der Waals surface area contributed by atoms with E-state index < -0.39 is 11.7 Å². The van der Waals surface area contributed by atoms with Gasteiger partial charge in [-0.15, -0.1) is 0 Å². The van der Waals surface area contributed by atoms with E-state index in [-0.39, 0.29) is 6.10 Å². The molecule has 0 saturated heterocycles. The van der Waals surface area contributed by atoms with E-state index in [0.29, 0.717) is 13.2 Å². The highest BCUT2D eigenvalue weighted by molar-refractivity contribution is 5.68. The van der Waals surface area contributed by atoms with E-state index in [1.807, 2.05) is 57.2 Å². The van der Waals surface area contributed by atoms with Gasteiger partial charge in [0.1, 0.15) is 11.7 Å². The molecule has 5 heteroatoms. The van der Waals surface area contributed by atoms with Crippen LogP contribution in [0, 0.1) is 0 Å². The van der Waals surface area contributed by atoms with E-state index in [1.165, 1.54) is 0 Å². The van der Waals surface area contributed by atoms with Crippen molar-refractivity contribution in [3.63, 3.8) is 0 Å². The van der Waals surface area contributed by atoms with Gasteiger partial charge in [-0.05, 0) is 44.0 Å². The van der Waals surface area contributed by atoms with Gasteiger partial charge < -0.3 is 14.8 Å². The van der Waals surface area contributed by atoms with Crippen LogP contribution in [0.15, 0.2) is 42.6 Å². The van der Waals surface area contributed by atoms with Gasteiger partial charge in [0.2, 0.25) is 0 Å². The normalized spacial score (nSPS) is 16.5. The molecule has 24 heavy (non-hydrogen) atoms. The van der Waals surface area contributed by atoms with Gasteiger partial charge in [0.25, 0.3) is 0 Å². The first kappa shape index (κ1) is 16.5. The van der Waals surface area contributed by atoms with Crippen LogP contribution >= 0.6 is 0 Å². The molecule has 1 unspecified atom stereocenters. The summed E-state index contributed by atoms with van der Waals surface area (Å²) in [6.45, 7) is 6.42. The summed E-state index contributed by atoms with van der Waals surface area (Å²) in [5.74, 6) is 0. The highest BCUT2D eigenvalue weighted by atomic mass is 16.6. The van der Waals surface area contributed by atoms with E-state index in [9.17, 15) is 4.79 Å². The summed E-state index contributed by atoms with van der Waals surface area (Å²) in [5.41, 5.74) is 3.72. The highest BCUT2D eigenvalue weighted by Gasteiger charge is 2.27. The topological polar surface area (TPSA) is 60.5 Å². The predicted molar refractivity (Wildman–Crippen MR) is 91.4 cm³/mol. The van der Waals surface area contributed by atoms with Crippen LogP contribution in [-0.4, -0.2) is 23.2 Å². The van der Waals surface area contributed by atoms with Gasteiger partial charge in [-0.3, -0.25) is 4.98 Å². The van der Waals surface area contributed by atoms with Crippen LogP contribution < -0.4 is 5.32 Å². The molecule has 1 aliphatic rings. The zero-order valence-electron chi connectivity index (χ0n) is 14.2. The molecule has 0 fully saturated rings. The lowest BCUT2D eigenvalue weighted by Gasteiger charge is -2.20. The zero-order chi connectivity index (χ0) is 17.2. The monoisotopic (exact) mass is 326 g/mol. The van der Waals surface area contributed by atoms with Crippen molar-refractivity contribution in [1.82, 2.24) is 10.3 Å². The van der Waals surface area contributed by atoms with Crippen LogP contribution in [-0.2, 0) is 16.1 Å². The van der Waals surface area contributed by atoms with E-state index in [1.54, 1.807) is 6.20 Å². The van der Waals surface area contributed by atoms with Gasteiger partial charge in [0, 0.05) is 11.8 Å². The number of hydrogen-bond acceptors (Lipinski definition) is 4. The zero-order valence-corrected chi connectivity index (χ0v) is 14.2. The Bertz CT molecular complexity index is 723. The van der Waals surface area contributed by atoms with Gasteiger partial charge in [0.05, 0.1) is 18.8 Å². The number of carbonyl (C=O) groups is 1. The number of fused-ring (bicyclic) bond motifs is 1. The van der Waals surface area contributed by atoms with Crippen molar-refractivity contribution in [3.8, 4) is 11.3 Å². The summed E-state index contributed by atoms with van der Waals surface area (Å²) >= 11 is 0. The summed E-state index contributed by atoms with van der Waals surface area (Å²) < 4.78 is 11.1. The molecular formula is C19H22N2O3. The van der Waals surface area contributed by atoms with Crippen molar-refractivity contribution in [2.75, 3.05) is 6.54 Å². The minimum absolute atomic E-state index is 0.170. The second-order valence-electron chi connectivity index (χ2n) is 6.77. The van der Waals surface area contributed by atoms with Crippen LogP contribution in [0.25, 0.3) is 11.3 Å². The van der Waals surface area contributed by atoms with E-state index in [4.69, 9.17) is 9.47 Å². The molecule has 2 aromatic rings. The van der Waals surface area contributed by atoms with Crippen molar-refractivity contribution < 1.29 is 14.3 Å². The van der Waals surface area contributed by atoms with Crippen LogP contribution in [0.2, 0.25) is 0 Å². The van der Waals surface area contributed by atoms with E-state index >= 15 is 0 Å². The molecule has 2 heterocycles. The van der Waals surface area contributed by atoms with Gasteiger partial charge in [-0.2, -0.15) is 0 Å². The molecule has 5 nitrogen and oxygen atoms in total. The standard InChI is InChI=1S/C19H22N2O3/c1-19(2,3)24-18(22)21-11-17-14-8-6-7-13(15(14)12-23-17)16-9-4-5-10-20-16/h4-10,17H,11-12H2,1-3H3,(H,21,22). The maximum absolute atomic E-state index is 11.8. The number of hydrogen-bond donors (Lipinski definition) is 1. The number of amides is 1.